The van der Waals surface area contributed by atoms with Gasteiger partial charge < -0.3 is 5.73 Å². The average Bonchev–Trinajstić information content (AvgIpc) is 2.42. The molecule has 0 aromatic carbocycles. The number of nitrogens with zero attached hydrogens (tertiary/aromatic N) is 2. The van der Waals surface area contributed by atoms with Crippen LogP contribution in [0.3, 0.4) is 0 Å². The van der Waals surface area contributed by atoms with E-state index in [1.165, 1.54) is 0 Å². The van der Waals surface area contributed by atoms with Crippen molar-refractivity contribution in [2.24, 2.45) is 12.8 Å². The summed E-state index contributed by atoms with van der Waals surface area (Å²) in [6.07, 6.45) is 1.58. The molecule has 0 saturated carbocycles. The van der Waals surface area contributed by atoms with E-state index in [0.717, 1.165) is 17.8 Å². The summed E-state index contributed by atoms with van der Waals surface area (Å²) in [6.45, 7) is 2.38. The van der Waals surface area contributed by atoms with Crippen LogP contribution in [0.1, 0.15) is 24.2 Å². The van der Waals surface area contributed by atoms with Crippen LogP contribution in [0.5, 0.6) is 0 Å². The third-order valence-electron chi connectivity index (χ3n) is 2.29. The Kier molecular flexibility index (Phi) is 4.29. The van der Waals surface area contributed by atoms with Gasteiger partial charge in [0, 0.05) is 19.9 Å². The first-order valence-corrected chi connectivity index (χ1v) is 5.33. The average molecular weight is 230 g/mol. The van der Waals surface area contributed by atoms with Crippen molar-refractivity contribution in [3.8, 4) is 0 Å². The van der Waals surface area contributed by atoms with Crippen molar-refractivity contribution in [2.45, 2.75) is 26.2 Å². The zero-order chi connectivity index (χ0) is 11.4. The Bertz CT molecular complexity index is 360. The van der Waals surface area contributed by atoms with E-state index in [9.17, 15) is 4.79 Å². The van der Waals surface area contributed by atoms with Gasteiger partial charge in [0.25, 0.3) is 0 Å². The Morgan fingerprint density at radius 3 is 2.73 bits per heavy atom. The number of carbonyl (C=O) groups excluding carboxylic acids is 1. The molecular formula is C10H16ClN3O. The van der Waals surface area contributed by atoms with Crippen molar-refractivity contribution in [1.29, 1.82) is 0 Å². The van der Waals surface area contributed by atoms with Crippen LogP contribution >= 0.6 is 11.6 Å². The van der Waals surface area contributed by atoms with Crippen molar-refractivity contribution in [3.05, 3.63) is 16.4 Å². The summed E-state index contributed by atoms with van der Waals surface area (Å²) in [5.41, 5.74) is 6.89. The largest absolute Gasteiger partial charge is 0.330 e. The molecule has 0 aliphatic carbocycles. The Labute approximate surface area is 94.4 Å². The summed E-state index contributed by atoms with van der Waals surface area (Å²) in [4.78, 5) is 11.5. The maximum absolute atomic E-state index is 11.5. The van der Waals surface area contributed by atoms with E-state index in [0.29, 0.717) is 24.4 Å². The summed E-state index contributed by atoms with van der Waals surface area (Å²) in [7, 11) is 1.80. The lowest BCUT2D eigenvalue weighted by Gasteiger charge is -2.01. The molecular weight excluding hydrogens is 214 g/mol. The normalized spacial score (nSPS) is 10.7. The molecule has 1 aromatic rings. The molecule has 5 heteroatoms. The van der Waals surface area contributed by atoms with Gasteiger partial charge in [-0.15, -0.1) is 0 Å². The van der Waals surface area contributed by atoms with E-state index in [4.69, 9.17) is 17.3 Å². The van der Waals surface area contributed by atoms with Crippen molar-refractivity contribution < 1.29 is 4.79 Å². The minimum Gasteiger partial charge on any atom is -0.330 e. The van der Waals surface area contributed by atoms with Crippen molar-refractivity contribution in [1.82, 2.24) is 9.78 Å². The fraction of sp³-hybridized carbons (Fsp3) is 0.600. The number of ketones is 1. The number of aromatic nitrogens is 2. The van der Waals surface area contributed by atoms with Crippen LogP contribution in [0.15, 0.2) is 0 Å². The summed E-state index contributed by atoms with van der Waals surface area (Å²) in [5.74, 6) is 0.158. The van der Waals surface area contributed by atoms with Gasteiger partial charge in [-0.3, -0.25) is 9.48 Å². The number of carbonyl (C=O) groups is 1. The van der Waals surface area contributed by atoms with Gasteiger partial charge in [0.15, 0.2) is 0 Å². The van der Waals surface area contributed by atoms with Gasteiger partial charge in [0.2, 0.25) is 0 Å². The Morgan fingerprint density at radius 2 is 2.27 bits per heavy atom. The standard InChI is InChI=1S/C10H16ClN3O/c1-7-10(11)9(14(2)13-7)6-8(15)4-3-5-12/h3-6,12H2,1-2H3. The minimum atomic E-state index is 0.158. The SMILES string of the molecule is Cc1nn(C)c(CC(=O)CCCN)c1Cl. The molecule has 1 aromatic heterocycles. The molecule has 0 spiro atoms. The Morgan fingerprint density at radius 1 is 1.60 bits per heavy atom. The van der Waals surface area contributed by atoms with Crippen molar-refractivity contribution >= 4 is 17.4 Å². The van der Waals surface area contributed by atoms with Gasteiger partial charge in [0.05, 0.1) is 16.4 Å². The molecule has 0 atom stereocenters. The first-order valence-electron chi connectivity index (χ1n) is 4.96. The molecule has 84 valence electrons. The second-order valence-corrected chi connectivity index (χ2v) is 3.96. The van der Waals surface area contributed by atoms with Gasteiger partial charge in [-0.1, -0.05) is 11.6 Å². The van der Waals surface area contributed by atoms with E-state index in [-0.39, 0.29) is 5.78 Å². The third-order valence-corrected chi connectivity index (χ3v) is 2.78. The van der Waals surface area contributed by atoms with Gasteiger partial charge in [-0.2, -0.15) is 5.10 Å². The highest BCUT2D eigenvalue weighted by atomic mass is 35.5. The third kappa shape index (κ3) is 3.04. The lowest BCUT2D eigenvalue weighted by molar-refractivity contribution is -0.118. The smallest absolute Gasteiger partial charge is 0.138 e. The van der Waals surface area contributed by atoms with Gasteiger partial charge >= 0.3 is 0 Å². The van der Waals surface area contributed by atoms with E-state index < -0.39 is 0 Å². The molecule has 0 radical (unpaired) electrons. The van der Waals surface area contributed by atoms with Crippen LogP contribution < -0.4 is 5.73 Å². The second-order valence-electron chi connectivity index (χ2n) is 3.58. The van der Waals surface area contributed by atoms with Crippen LogP contribution in [0.25, 0.3) is 0 Å². The second kappa shape index (κ2) is 5.28. The van der Waals surface area contributed by atoms with Gasteiger partial charge in [-0.05, 0) is 19.9 Å². The van der Waals surface area contributed by atoms with E-state index >= 15 is 0 Å². The molecule has 15 heavy (non-hydrogen) atoms. The predicted molar refractivity (Wildman–Crippen MR) is 60.0 cm³/mol. The van der Waals surface area contributed by atoms with E-state index in [2.05, 4.69) is 5.10 Å². The molecule has 0 aliphatic rings. The maximum atomic E-state index is 11.5. The summed E-state index contributed by atoms with van der Waals surface area (Å²) < 4.78 is 1.66. The number of hydrogen-bond donors (Lipinski definition) is 1. The summed E-state index contributed by atoms with van der Waals surface area (Å²) >= 11 is 6.03. The predicted octanol–water partition coefficient (Wildman–Crippen LogP) is 1.23. The van der Waals surface area contributed by atoms with Gasteiger partial charge in [-0.25, -0.2) is 0 Å². The van der Waals surface area contributed by atoms with Crippen molar-refractivity contribution in [2.75, 3.05) is 6.54 Å². The fourth-order valence-corrected chi connectivity index (χ4v) is 1.67. The maximum Gasteiger partial charge on any atom is 0.138 e. The molecule has 0 aliphatic heterocycles. The number of nitrogens with two attached hydrogens (primary N) is 1. The van der Waals surface area contributed by atoms with Gasteiger partial charge in [0.1, 0.15) is 5.78 Å². The molecule has 0 unspecified atom stereocenters. The first-order chi connectivity index (χ1) is 7.06. The topological polar surface area (TPSA) is 60.9 Å². The summed E-state index contributed by atoms with van der Waals surface area (Å²) in [6, 6.07) is 0. The van der Waals surface area contributed by atoms with Crippen LogP contribution in [-0.2, 0) is 18.3 Å². The lowest BCUT2D eigenvalue weighted by Crippen LogP contribution is -2.10. The molecule has 1 rings (SSSR count). The van der Waals surface area contributed by atoms with Crippen LogP contribution in [0.2, 0.25) is 5.02 Å². The van der Waals surface area contributed by atoms with E-state index in [1.54, 1.807) is 11.7 Å². The quantitative estimate of drug-likeness (QED) is 0.826. The molecule has 0 amide bonds. The number of rotatable bonds is 5. The zero-order valence-electron chi connectivity index (χ0n) is 9.09. The number of Topliss-reactive ketones (excluding diaryl/α,β-unsaturated/α-hetero) is 1. The molecule has 0 bridgehead atoms. The number of hydrogen-bond acceptors (Lipinski definition) is 3. The van der Waals surface area contributed by atoms with Crippen LogP contribution in [0.4, 0.5) is 0 Å². The van der Waals surface area contributed by atoms with Crippen molar-refractivity contribution in [3.63, 3.8) is 0 Å². The molecule has 1 heterocycles. The highest BCUT2D eigenvalue weighted by Crippen LogP contribution is 2.20. The first kappa shape index (κ1) is 12.2. The van der Waals surface area contributed by atoms with Crippen LogP contribution in [0, 0.1) is 6.92 Å². The fourth-order valence-electron chi connectivity index (χ4n) is 1.45. The molecule has 0 saturated heterocycles. The Hall–Kier alpha value is -0.870. The number of aryl methyl sites for hydroxylation is 2. The highest BCUT2D eigenvalue weighted by Gasteiger charge is 2.14. The number of halogens is 1. The lowest BCUT2D eigenvalue weighted by atomic mass is 10.1. The molecule has 2 N–H and O–H groups in total. The minimum absolute atomic E-state index is 0.158. The monoisotopic (exact) mass is 229 g/mol. The molecule has 4 nitrogen and oxygen atoms in total. The highest BCUT2D eigenvalue weighted by molar-refractivity contribution is 6.32. The van der Waals surface area contributed by atoms with Crippen LogP contribution in [-0.4, -0.2) is 22.1 Å². The molecule has 0 fully saturated rings. The Balaban J connectivity index is 2.68. The van der Waals surface area contributed by atoms with E-state index in [1.807, 2.05) is 6.92 Å². The summed E-state index contributed by atoms with van der Waals surface area (Å²) in [5, 5.41) is 4.75. The zero-order valence-corrected chi connectivity index (χ0v) is 9.84.